The summed E-state index contributed by atoms with van der Waals surface area (Å²) in [5.41, 5.74) is 3.60. The Morgan fingerprint density at radius 2 is 2.24 bits per heavy atom. The molecule has 0 radical (unpaired) electrons. The van der Waals surface area contributed by atoms with Crippen molar-refractivity contribution in [2.45, 2.75) is 0 Å². The number of methoxy groups -OCH3 is 1. The molecule has 0 unspecified atom stereocenters. The van der Waals surface area contributed by atoms with E-state index in [9.17, 15) is 4.79 Å². The quantitative estimate of drug-likeness (QED) is 0.616. The lowest BCUT2D eigenvalue weighted by Crippen LogP contribution is -2.21. The number of rotatable bonds is 4. The van der Waals surface area contributed by atoms with Gasteiger partial charge in [-0.25, -0.2) is 5.43 Å². The largest absolute Gasteiger partial charge is 0.496 e. The van der Waals surface area contributed by atoms with E-state index in [1.54, 1.807) is 20.4 Å². The van der Waals surface area contributed by atoms with Crippen molar-refractivity contribution in [1.82, 2.24) is 15.2 Å². The summed E-state index contributed by atoms with van der Waals surface area (Å²) in [6.45, 7) is 0. The van der Waals surface area contributed by atoms with E-state index in [1.807, 2.05) is 18.2 Å². The van der Waals surface area contributed by atoms with Crippen molar-refractivity contribution in [1.29, 1.82) is 0 Å². The van der Waals surface area contributed by atoms with Gasteiger partial charge in [-0.3, -0.25) is 9.48 Å². The highest BCUT2D eigenvalue weighted by atomic mass is 79.9. The highest BCUT2D eigenvalue weighted by Gasteiger charge is 2.14. The third-order valence-electron chi connectivity index (χ3n) is 2.67. The van der Waals surface area contributed by atoms with Gasteiger partial charge in [0.25, 0.3) is 5.91 Å². The average molecular weight is 416 g/mol. The normalized spacial score (nSPS) is 10.9. The van der Waals surface area contributed by atoms with Crippen LogP contribution in [-0.4, -0.2) is 29.0 Å². The molecule has 0 aliphatic rings. The molecule has 1 aromatic heterocycles. The summed E-state index contributed by atoms with van der Waals surface area (Å²) in [6, 6.07) is 5.51. The molecule has 1 aromatic carbocycles. The van der Waals surface area contributed by atoms with Gasteiger partial charge < -0.3 is 4.74 Å². The van der Waals surface area contributed by atoms with Crippen LogP contribution in [0.15, 0.2) is 38.4 Å². The molecule has 8 heteroatoms. The topological polar surface area (TPSA) is 68.5 Å². The van der Waals surface area contributed by atoms with E-state index in [0.717, 1.165) is 10.0 Å². The van der Waals surface area contributed by atoms with Gasteiger partial charge in [-0.15, -0.1) is 0 Å². The van der Waals surface area contributed by atoms with Gasteiger partial charge in [-0.2, -0.15) is 10.2 Å². The summed E-state index contributed by atoms with van der Waals surface area (Å²) in [5, 5.41) is 7.92. The summed E-state index contributed by atoms with van der Waals surface area (Å²) in [6.07, 6.45) is 3.07. The molecule has 0 fully saturated rings. The fourth-order valence-electron chi connectivity index (χ4n) is 1.69. The Balaban J connectivity index is 2.13. The van der Waals surface area contributed by atoms with Crippen LogP contribution in [-0.2, 0) is 7.05 Å². The van der Waals surface area contributed by atoms with Crippen LogP contribution in [0, 0.1) is 0 Å². The third-order valence-corrected chi connectivity index (χ3v) is 3.74. The van der Waals surface area contributed by atoms with E-state index in [2.05, 4.69) is 47.5 Å². The predicted molar refractivity (Wildman–Crippen MR) is 86.7 cm³/mol. The SMILES string of the molecule is COc1ccc(Br)cc1C=NNC(=O)c1c(Br)cnn1C. The zero-order valence-electron chi connectivity index (χ0n) is 11.3. The van der Waals surface area contributed by atoms with E-state index in [-0.39, 0.29) is 5.91 Å². The maximum atomic E-state index is 12.0. The first-order valence-corrected chi connectivity index (χ1v) is 7.46. The van der Waals surface area contributed by atoms with Gasteiger partial charge in [-0.1, -0.05) is 15.9 Å². The van der Waals surface area contributed by atoms with Crippen LogP contribution in [0.25, 0.3) is 0 Å². The lowest BCUT2D eigenvalue weighted by molar-refractivity contribution is 0.0945. The maximum absolute atomic E-state index is 12.0. The number of carbonyl (C=O) groups is 1. The lowest BCUT2D eigenvalue weighted by Gasteiger charge is -2.05. The summed E-state index contributed by atoms with van der Waals surface area (Å²) >= 11 is 6.64. The number of amides is 1. The van der Waals surface area contributed by atoms with Crippen molar-refractivity contribution in [2.75, 3.05) is 7.11 Å². The summed E-state index contributed by atoms with van der Waals surface area (Å²) in [5.74, 6) is 0.310. The van der Waals surface area contributed by atoms with Crippen LogP contribution in [0.5, 0.6) is 5.75 Å². The lowest BCUT2D eigenvalue weighted by atomic mass is 10.2. The highest BCUT2D eigenvalue weighted by Crippen LogP contribution is 2.21. The van der Waals surface area contributed by atoms with Gasteiger partial charge in [0.15, 0.2) is 0 Å². The Morgan fingerprint density at radius 3 is 2.86 bits per heavy atom. The van der Waals surface area contributed by atoms with Gasteiger partial charge in [0.2, 0.25) is 0 Å². The van der Waals surface area contributed by atoms with Crippen molar-refractivity contribution < 1.29 is 9.53 Å². The number of hydrogen-bond acceptors (Lipinski definition) is 4. The molecular weight excluding hydrogens is 404 g/mol. The first-order chi connectivity index (χ1) is 10.0. The highest BCUT2D eigenvalue weighted by molar-refractivity contribution is 9.10. The van der Waals surface area contributed by atoms with Crippen LogP contribution in [0.1, 0.15) is 16.1 Å². The molecule has 110 valence electrons. The number of hydrazone groups is 1. The molecule has 0 atom stereocenters. The second-order valence-electron chi connectivity index (χ2n) is 4.05. The summed E-state index contributed by atoms with van der Waals surface area (Å²) in [7, 11) is 3.26. The molecule has 1 heterocycles. The monoisotopic (exact) mass is 414 g/mol. The summed E-state index contributed by atoms with van der Waals surface area (Å²) in [4.78, 5) is 12.0. The number of ether oxygens (including phenoxy) is 1. The van der Waals surface area contributed by atoms with Crippen molar-refractivity contribution in [3.8, 4) is 5.75 Å². The molecular formula is C13H12Br2N4O2. The molecule has 0 spiro atoms. The first-order valence-electron chi connectivity index (χ1n) is 5.87. The zero-order chi connectivity index (χ0) is 15.4. The number of nitrogens with zero attached hydrogens (tertiary/aromatic N) is 3. The molecule has 21 heavy (non-hydrogen) atoms. The third kappa shape index (κ3) is 3.70. The van der Waals surface area contributed by atoms with Gasteiger partial charge >= 0.3 is 0 Å². The van der Waals surface area contributed by atoms with Crippen LogP contribution >= 0.6 is 31.9 Å². The molecule has 0 saturated heterocycles. The van der Waals surface area contributed by atoms with Gasteiger partial charge in [0.1, 0.15) is 11.4 Å². The molecule has 2 aromatic rings. The van der Waals surface area contributed by atoms with Crippen molar-refractivity contribution in [3.63, 3.8) is 0 Å². The fourth-order valence-corrected chi connectivity index (χ4v) is 2.59. The van der Waals surface area contributed by atoms with E-state index in [4.69, 9.17) is 4.74 Å². The minimum Gasteiger partial charge on any atom is -0.496 e. The van der Waals surface area contributed by atoms with Gasteiger partial charge in [0.05, 0.1) is 24.0 Å². The predicted octanol–water partition coefficient (Wildman–Crippen LogP) is 2.72. The fraction of sp³-hybridized carbons (Fsp3) is 0.154. The number of aryl methyl sites for hydroxylation is 1. The zero-order valence-corrected chi connectivity index (χ0v) is 14.5. The standard InChI is InChI=1S/C13H12Br2N4O2/c1-19-12(10(15)7-17-19)13(20)18-16-6-8-5-9(14)3-4-11(8)21-2/h3-7H,1-2H3,(H,18,20). The smallest absolute Gasteiger partial charge is 0.290 e. The van der Waals surface area contributed by atoms with Crippen molar-refractivity contribution in [2.24, 2.45) is 12.1 Å². The number of benzene rings is 1. The molecule has 2 rings (SSSR count). The molecule has 6 nitrogen and oxygen atoms in total. The Bertz CT molecular complexity index is 678. The van der Waals surface area contributed by atoms with E-state index in [0.29, 0.717) is 15.9 Å². The molecule has 1 amide bonds. The number of nitrogens with one attached hydrogen (secondary N) is 1. The van der Waals surface area contributed by atoms with E-state index < -0.39 is 0 Å². The second kappa shape index (κ2) is 6.86. The molecule has 0 saturated carbocycles. The molecule has 0 aliphatic heterocycles. The van der Waals surface area contributed by atoms with Gasteiger partial charge in [-0.05, 0) is 34.1 Å². The Kier molecular flexibility index (Phi) is 5.13. The minimum atomic E-state index is -0.355. The molecule has 1 N–H and O–H groups in total. The van der Waals surface area contributed by atoms with Crippen LogP contribution < -0.4 is 10.2 Å². The van der Waals surface area contributed by atoms with Crippen molar-refractivity contribution >= 4 is 44.0 Å². The molecule has 0 aliphatic carbocycles. The van der Waals surface area contributed by atoms with Crippen LogP contribution in [0.2, 0.25) is 0 Å². The van der Waals surface area contributed by atoms with E-state index >= 15 is 0 Å². The van der Waals surface area contributed by atoms with Crippen LogP contribution in [0.3, 0.4) is 0 Å². The maximum Gasteiger partial charge on any atom is 0.290 e. The minimum absolute atomic E-state index is 0.355. The number of carbonyl (C=O) groups excluding carboxylic acids is 1. The Morgan fingerprint density at radius 1 is 1.48 bits per heavy atom. The van der Waals surface area contributed by atoms with E-state index in [1.165, 1.54) is 10.9 Å². The number of hydrogen-bond donors (Lipinski definition) is 1. The number of aromatic nitrogens is 2. The molecule has 0 bridgehead atoms. The first kappa shape index (κ1) is 15.7. The van der Waals surface area contributed by atoms with Crippen molar-refractivity contribution in [3.05, 3.63) is 44.6 Å². The second-order valence-corrected chi connectivity index (χ2v) is 5.82. The Hall–Kier alpha value is -1.67. The number of halogens is 2. The van der Waals surface area contributed by atoms with Gasteiger partial charge in [0, 0.05) is 17.1 Å². The Labute approximate surface area is 138 Å². The van der Waals surface area contributed by atoms with Crippen LogP contribution in [0.4, 0.5) is 0 Å². The summed E-state index contributed by atoms with van der Waals surface area (Å²) < 4.78 is 8.19. The average Bonchev–Trinajstić information content (AvgIpc) is 2.78.